The first-order chi connectivity index (χ1) is 16.4. The van der Waals surface area contributed by atoms with Crippen molar-refractivity contribution in [3.8, 4) is 5.69 Å². The molecule has 1 aliphatic heterocycles. The first-order valence-corrected chi connectivity index (χ1v) is 12.1. The van der Waals surface area contributed by atoms with Crippen molar-refractivity contribution in [2.24, 2.45) is 0 Å². The molecule has 0 saturated carbocycles. The highest BCUT2D eigenvalue weighted by atomic mass is 32.2. The second-order valence-corrected chi connectivity index (χ2v) is 9.47. The van der Waals surface area contributed by atoms with Crippen molar-refractivity contribution >= 4 is 40.0 Å². The first kappa shape index (κ1) is 22.1. The Labute approximate surface area is 201 Å². The molecular weight excluding hydrogens is 446 g/mol. The molecule has 0 spiro atoms. The molecule has 4 aromatic rings. The Morgan fingerprint density at radius 2 is 1.76 bits per heavy atom. The summed E-state index contributed by atoms with van der Waals surface area (Å²) >= 11 is 1.26. The highest BCUT2D eigenvalue weighted by molar-refractivity contribution is 7.99. The van der Waals surface area contributed by atoms with Crippen LogP contribution in [0.3, 0.4) is 0 Å². The predicted octanol–water partition coefficient (Wildman–Crippen LogP) is 4.86. The Hall–Kier alpha value is -3.71. The molecule has 6 nitrogen and oxygen atoms in total. The van der Waals surface area contributed by atoms with Crippen LogP contribution in [-0.2, 0) is 11.2 Å². The van der Waals surface area contributed by atoms with Crippen LogP contribution in [0.4, 0.5) is 5.69 Å². The average Bonchev–Trinajstić information content (AvgIpc) is 2.81. The molecule has 5 rings (SSSR count). The van der Waals surface area contributed by atoms with Gasteiger partial charge >= 0.3 is 0 Å². The molecule has 1 aromatic heterocycles. The highest BCUT2D eigenvalue weighted by Crippen LogP contribution is 2.26. The molecule has 7 heteroatoms. The standard InChI is InChI=1S/C27H23N3O3S/c1-16-11-17(2)13-20(12-16)30-26(33)21-5-3-4-6-23(21)29-27(30)34-15-24(31)19-7-9-22-18(14-19)8-10-25(32)28-22/h3-7,9,11-14H,8,10,15H2,1-2H3,(H,28,32). The number of thioether (sulfide) groups is 1. The van der Waals surface area contributed by atoms with E-state index in [1.807, 2.05) is 50.2 Å². The van der Waals surface area contributed by atoms with Crippen LogP contribution in [-0.4, -0.2) is 27.0 Å². The molecule has 0 fully saturated rings. The van der Waals surface area contributed by atoms with Crippen LogP contribution in [0.15, 0.2) is 70.6 Å². The minimum atomic E-state index is -0.157. The van der Waals surface area contributed by atoms with E-state index in [0.717, 1.165) is 28.1 Å². The summed E-state index contributed by atoms with van der Waals surface area (Å²) in [5.41, 5.74) is 5.59. The molecule has 34 heavy (non-hydrogen) atoms. The lowest BCUT2D eigenvalue weighted by molar-refractivity contribution is -0.116. The molecule has 0 aliphatic carbocycles. The molecule has 2 heterocycles. The van der Waals surface area contributed by atoms with E-state index in [9.17, 15) is 14.4 Å². The van der Waals surface area contributed by atoms with Crippen LogP contribution < -0.4 is 10.9 Å². The molecule has 0 unspecified atom stereocenters. The Kier molecular flexibility index (Phi) is 5.79. The Morgan fingerprint density at radius 3 is 2.56 bits per heavy atom. The number of nitrogens with one attached hydrogen (secondary N) is 1. The number of hydrogen-bond donors (Lipinski definition) is 1. The van der Waals surface area contributed by atoms with Gasteiger partial charge < -0.3 is 5.32 Å². The third kappa shape index (κ3) is 4.26. The molecule has 0 radical (unpaired) electrons. The van der Waals surface area contributed by atoms with Gasteiger partial charge in [-0.25, -0.2) is 4.98 Å². The van der Waals surface area contributed by atoms with Crippen molar-refractivity contribution in [3.63, 3.8) is 0 Å². The Morgan fingerprint density at radius 1 is 1.00 bits per heavy atom. The number of anilines is 1. The molecule has 1 N–H and O–H groups in total. The van der Waals surface area contributed by atoms with E-state index in [1.54, 1.807) is 22.8 Å². The van der Waals surface area contributed by atoms with Gasteiger partial charge in [0.05, 0.1) is 22.3 Å². The van der Waals surface area contributed by atoms with Crippen LogP contribution in [0.5, 0.6) is 0 Å². The fourth-order valence-corrected chi connectivity index (χ4v) is 5.19. The summed E-state index contributed by atoms with van der Waals surface area (Å²) in [6, 6.07) is 18.6. The summed E-state index contributed by atoms with van der Waals surface area (Å²) in [5.74, 6) is 0.0775. The summed E-state index contributed by atoms with van der Waals surface area (Å²) in [6.07, 6.45) is 1.04. The zero-order chi connectivity index (χ0) is 23.8. The number of rotatable bonds is 5. The zero-order valence-corrected chi connectivity index (χ0v) is 19.7. The van der Waals surface area contributed by atoms with Crippen molar-refractivity contribution < 1.29 is 9.59 Å². The minimum absolute atomic E-state index is 0.00568. The van der Waals surface area contributed by atoms with E-state index in [-0.39, 0.29) is 23.0 Å². The van der Waals surface area contributed by atoms with Gasteiger partial charge in [-0.15, -0.1) is 0 Å². The lowest BCUT2D eigenvalue weighted by Gasteiger charge is -2.17. The lowest BCUT2D eigenvalue weighted by atomic mass is 9.99. The van der Waals surface area contributed by atoms with Gasteiger partial charge in [0.2, 0.25) is 5.91 Å². The molecule has 1 aliphatic rings. The van der Waals surface area contributed by atoms with Crippen molar-refractivity contribution in [2.75, 3.05) is 11.1 Å². The maximum absolute atomic E-state index is 13.5. The number of hydrogen-bond acceptors (Lipinski definition) is 5. The number of fused-ring (bicyclic) bond motifs is 2. The summed E-state index contributed by atoms with van der Waals surface area (Å²) in [5, 5.41) is 3.85. The predicted molar refractivity (Wildman–Crippen MR) is 135 cm³/mol. The molecule has 170 valence electrons. The number of carbonyl (C=O) groups is 2. The fraction of sp³-hybridized carbons (Fsp3) is 0.185. The van der Waals surface area contributed by atoms with E-state index in [4.69, 9.17) is 4.98 Å². The smallest absolute Gasteiger partial charge is 0.266 e. The van der Waals surface area contributed by atoms with E-state index in [0.29, 0.717) is 34.5 Å². The monoisotopic (exact) mass is 469 g/mol. The van der Waals surface area contributed by atoms with Gasteiger partial charge in [0.15, 0.2) is 10.9 Å². The molecule has 3 aromatic carbocycles. The second kappa shape index (κ2) is 8.91. The van der Waals surface area contributed by atoms with Gasteiger partial charge in [-0.3, -0.25) is 19.0 Å². The summed E-state index contributed by atoms with van der Waals surface area (Å²) in [7, 11) is 0. The summed E-state index contributed by atoms with van der Waals surface area (Å²) in [6.45, 7) is 3.98. The topological polar surface area (TPSA) is 81.1 Å². The van der Waals surface area contributed by atoms with Crippen LogP contribution in [0.25, 0.3) is 16.6 Å². The highest BCUT2D eigenvalue weighted by Gasteiger charge is 2.19. The average molecular weight is 470 g/mol. The van der Waals surface area contributed by atoms with Gasteiger partial charge in [0, 0.05) is 17.7 Å². The van der Waals surface area contributed by atoms with Crippen LogP contribution in [0.2, 0.25) is 0 Å². The Balaban J connectivity index is 1.50. The van der Waals surface area contributed by atoms with Crippen molar-refractivity contribution in [3.05, 3.63) is 93.3 Å². The van der Waals surface area contributed by atoms with Crippen LogP contribution in [0.1, 0.15) is 33.5 Å². The molecule has 0 bridgehead atoms. The van der Waals surface area contributed by atoms with Gasteiger partial charge in [-0.05, 0) is 79.4 Å². The molecular formula is C27H23N3O3S. The third-order valence-electron chi connectivity index (χ3n) is 5.86. The third-order valence-corrected chi connectivity index (χ3v) is 6.80. The molecule has 0 atom stereocenters. The van der Waals surface area contributed by atoms with Gasteiger partial charge in [0.25, 0.3) is 5.56 Å². The maximum Gasteiger partial charge on any atom is 0.266 e. The number of para-hydroxylation sites is 1. The van der Waals surface area contributed by atoms with Gasteiger partial charge in [-0.2, -0.15) is 0 Å². The van der Waals surface area contributed by atoms with Crippen molar-refractivity contribution in [2.45, 2.75) is 31.8 Å². The second-order valence-electron chi connectivity index (χ2n) is 8.53. The number of aromatic nitrogens is 2. The van der Waals surface area contributed by atoms with Crippen LogP contribution >= 0.6 is 11.8 Å². The minimum Gasteiger partial charge on any atom is -0.326 e. The van der Waals surface area contributed by atoms with E-state index in [1.165, 1.54) is 11.8 Å². The van der Waals surface area contributed by atoms with Crippen molar-refractivity contribution in [1.29, 1.82) is 0 Å². The van der Waals surface area contributed by atoms with E-state index in [2.05, 4.69) is 11.4 Å². The molecule has 0 saturated heterocycles. The maximum atomic E-state index is 13.5. The van der Waals surface area contributed by atoms with Gasteiger partial charge in [-0.1, -0.05) is 30.0 Å². The SMILES string of the molecule is Cc1cc(C)cc(-n2c(SCC(=O)c3ccc4c(c3)CCC(=O)N4)nc3ccccc3c2=O)c1. The zero-order valence-electron chi connectivity index (χ0n) is 18.9. The van der Waals surface area contributed by atoms with E-state index < -0.39 is 0 Å². The fourth-order valence-electron chi connectivity index (χ4n) is 4.29. The normalized spacial score (nSPS) is 12.9. The number of benzene rings is 3. The number of nitrogens with zero attached hydrogens (tertiary/aromatic N) is 2. The number of aryl methyl sites for hydroxylation is 3. The lowest BCUT2D eigenvalue weighted by Crippen LogP contribution is -2.22. The molecule has 1 amide bonds. The first-order valence-electron chi connectivity index (χ1n) is 11.1. The summed E-state index contributed by atoms with van der Waals surface area (Å²) in [4.78, 5) is 42.9. The number of amides is 1. The number of ketones is 1. The number of Topliss-reactive ketones (excluding diaryl/α,β-unsaturated/α-hetero) is 1. The summed E-state index contributed by atoms with van der Waals surface area (Å²) < 4.78 is 1.60. The van der Waals surface area contributed by atoms with Gasteiger partial charge in [0.1, 0.15) is 0 Å². The quantitative estimate of drug-likeness (QED) is 0.256. The van der Waals surface area contributed by atoms with Crippen molar-refractivity contribution in [1.82, 2.24) is 9.55 Å². The van der Waals surface area contributed by atoms with E-state index >= 15 is 0 Å². The Bertz CT molecular complexity index is 1500. The number of carbonyl (C=O) groups excluding carboxylic acids is 2. The largest absolute Gasteiger partial charge is 0.326 e. The van der Waals surface area contributed by atoms with Crippen LogP contribution in [0, 0.1) is 13.8 Å².